The maximum Gasteiger partial charge on any atom is 0.307 e. The quantitative estimate of drug-likeness (QED) is 0.718. The first kappa shape index (κ1) is 9.77. The summed E-state index contributed by atoms with van der Waals surface area (Å²) in [7, 11) is 0. The zero-order valence-electron chi connectivity index (χ0n) is 8.64. The topological polar surface area (TPSA) is 31.2 Å². The minimum Gasteiger partial charge on any atom is -0.444 e. The van der Waals surface area contributed by atoms with Crippen molar-refractivity contribution in [2.24, 2.45) is 0 Å². The molecule has 0 saturated carbocycles. The number of nitrogens with zero attached hydrogens (tertiary/aromatic N) is 1. The Labute approximate surface area is 88.3 Å². The molecule has 0 saturated heterocycles. The SMILES string of the molecule is CCC(=O)OCn1ccc2ccccc21. The number of aromatic nitrogens is 1. The monoisotopic (exact) mass is 203 g/mol. The highest BCUT2D eigenvalue weighted by atomic mass is 16.5. The molecule has 1 aromatic heterocycles. The third-order valence-electron chi connectivity index (χ3n) is 2.33. The lowest BCUT2D eigenvalue weighted by Crippen LogP contribution is -2.07. The van der Waals surface area contributed by atoms with Crippen molar-refractivity contribution in [3.63, 3.8) is 0 Å². The normalized spacial score (nSPS) is 10.5. The molecule has 1 aromatic carbocycles. The Bertz CT molecular complexity index is 473. The van der Waals surface area contributed by atoms with Crippen LogP contribution in [0.3, 0.4) is 0 Å². The van der Waals surface area contributed by atoms with E-state index in [2.05, 4.69) is 0 Å². The van der Waals surface area contributed by atoms with E-state index in [1.165, 1.54) is 0 Å². The van der Waals surface area contributed by atoms with E-state index in [0.29, 0.717) is 13.2 Å². The molecule has 3 nitrogen and oxygen atoms in total. The molecule has 0 N–H and O–H groups in total. The molecule has 0 aliphatic carbocycles. The molecule has 0 spiro atoms. The molecule has 2 aromatic rings. The molecule has 0 amide bonds. The van der Waals surface area contributed by atoms with Gasteiger partial charge in [-0.15, -0.1) is 0 Å². The number of carbonyl (C=O) groups excluding carboxylic acids is 1. The molecule has 2 rings (SSSR count). The summed E-state index contributed by atoms with van der Waals surface area (Å²) in [6.07, 6.45) is 2.34. The van der Waals surface area contributed by atoms with E-state index in [1.807, 2.05) is 41.1 Å². The molecule has 78 valence electrons. The van der Waals surface area contributed by atoms with Crippen LogP contribution in [0.15, 0.2) is 36.5 Å². The number of para-hydroxylation sites is 1. The molecular formula is C12H13NO2. The summed E-state index contributed by atoms with van der Waals surface area (Å²) in [5, 5.41) is 1.16. The first-order valence-corrected chi connectivity index (χ1v) is 5.00. The van der Waals surface area contributed by atoms with Crippen LogP contribution in [0, 0.1) is 0 Å². The van der Waals surface area contributed by atoms with Gasteiger partial charge in [-0.2, -0.15) is 0 Å². The number of carbonyl (C=O) groups is 1. The summed E-state index contributed by atoms with van der Waals surface area (Å²) in [6.45, 7) is 2.08. The molecule has 0 atom stereocenters. The van der Waals surface area contributed by atoms with Crippen LogP contribution >= 0.6 is 0 Å². The lowest BCUT2D eigenvalue weighted by Gasteiger charge is -2.05. The second-order valence-electron chi connectivity index (χ2n) is 3.34. The zero-order chi connectivity index (χ0) is 10.7. The van der Waals surface area contributed by atoms with Crippen molar-refractivity contribution in [3.05, 3.63) is 36.5 Å². The van der Waals surface area contributed by atoms with Gasteiger partial charge in [-0.25, -0.2) is 0 Å². The standard InChI is InChI=1S/C12H13NO2/c1-2-12(14)15-9-13-8-7-10-5-3-4-6-11(10)13/h3-8H,2,9H2,1H3. The van der Waals surface area contributed by atoms with Crippen LogP contribution < -0.4 is 0 Å². The fourth-order valence-corrected chi connectivity index (χ4v) is 1.50. The Morgan fingerprint density at radius 3 is 2.93 bits per heavy atom. The van der Waals surface area contributed by atoms with Gasteiger partial charge < -0.3 is 9.30 Å². The van der Waals surface area contributed by atoms with E-state index in [4.69, 9.17) is 4.74 Å². The fraction of sp³-hybridized carbons (Fsp3) is 0.250. The number of hydrogen-bond donors (Lipinski definition) is 0. The van der Waals surface area contributed by atoms with Crippen molar-refractivity contribution >= 4 is 16.9 Å². The van der Waals surface area contributed by atoms with Gasteiger partial charge in [-0.05, 0) is 17.5 Å². The average molecular weight is 203 g/mol. The number of ether oxygens (including phenoxy) is 1. The highest BCUT2D eigenvalue weighted by Gasteiger charge is 2.02. The van der Waals surface area contributed by atoms with Gasteiger partial charge in [0.1, 0.15) is 0 Å². The molecular weight excluding hydrogens is 190 g/mol. The Morgan fingerprint density at radius 1 is 1.33 bits per heavy atom. The summed E-state index contributed by atoms with van der Waals surface area (Å²) in [5.41, 5.74) is 1.08. The number of esters is 1. The molecule has 3 heteroatoms. The van der Waals surface area contributed by atoms with Gasteiger partial charge in [0.15, 0.2) is 6.73 Å². The van der Waals surface area contributed by atoms with Crippen LogP contribution in [0.1, 0.15) is 13.3 Å². The minimum absolute atomic E-state index is 0.173. The van der Waals surface area contributed by atoms with Gasteiger partial charge in [0.05, 0.1) is 5.52 Å². The maximum absolute atomic E-state index is 11.0. The van der Waals surface area contributed by atoms with Crippen molar-refractivity contribution in [3.8, 4) is 0 Å². The Hall–Kier alpha value is -1.77. The van der Waals surface area contributed by atoms with Crippen LogP contribution in [0.4, 0.5) is 0 Å². The second kappa shape index (κ2) is 4.17. The van der Waals surface area contributed by atoms with Crippen LogP contribution in [0.2, 0.25) is 0 Å². The Kier molecular flexibility index (Phi) is 2.72. The van der Waals surface area contributed by atoms with Gasteiger partial charge in [0.25, 0.3) is 0 Å². The molecule has 0 aliphatic heterocycles. The molecule has 0 unspecified atom stereocenters. The van der Waals surface area contributed by atoms with E-state index < -0.39 is 0 Å². The van der Waals surface area contributed by atoms with Crippen molar-refractivity contribution in [1.29, 1.82) is 0 Å². The lowest BCUT2D eigenvalue weighted by molar-refractivity contribution is -0.146. The lowest BCUT2D eigenvalue weighted by atomic mass is 10.2. The van der Waals surface area contributed by atoms with Gasteiger partial charge in [0, 0.05) is 12.6 Å². The summed E-state index contributed by atoms with van der Waals surface area (Å²) in [4.78, 5) is 11.0. The summed E-state index contributed by atoms with van der Waals surface area (Å²) < 4.78 is 6.99. The maximum atomic E-state index is 11.0. The van der Waals surface area contributed by atoms with Crippen molar-refractivity contribution in [2.75, 3.05) is 0 Å². The zero-order valence-corrected chi connectivity index (χ0v) is 8.64. The van der Waals surface area contributed by atoms with Crippen LogP contribution in [-0.2, 0) is 16.3 Å². The van der Waals surface area contributed by atoms with E-state index in [-0.39, 0.29) is 5.97 Å². The third kappa shape index (κ3) is 2.01. The molecule has 0 fully saturated rings. The smallest absolute Gasteiger partial charge is 0.307 e. The highest BCUT2D eigenvalue weighted by Crippen LogP contribution is 2.14. The minimum atomic E-state index is -0.173. The third-order valence-corrected chi connectivity index (χ3v) is 2.33. The number of benzene rings is 1. The highest BCUT2D eigenvalue weighted by molar-refractivity contribution is 5.79. The van der Waals surface area contributed by atoms with E-state index in [0.717, 1.165) is 10.9 Å². The van der Waals surface area contributed by atoms with Gasteiger partial charge >= 0.3 is 5.97 Å². The van der Waals surface area contributed by atoms with Crippen molar-refractivity contribution in [1.82, 2.24) is 4.57 Å². The second-order valence-corrected chi connectivity index (χ2v) is 3.34. The van der Waals surface area contributed by atoms with Crippen LogP contribution in [0.25, 0.3) is 10.9 Å². The largest absolute Gasteiger partial charge is 0.444 e. The van der Waals surface area contributed by atoms with E-state index in [9.17, 15) is 4.79 Å². The van der Waals surface area contributed by atoms with E-state index >= 15 is 0 Å². The molecule has 0 radical (unpaired) electrons. The number of fused-ring (bicyclic) bond motifs is 1. The summed E-state index contributed by atoms with van der Waals surface area (Å²) >= 11 is 0. The number of hydrogen-bond acceptors (Lipinski definition) is 2. The Balaban J connectivity index is 2.18. The molecule has 15 heavy (non-hydrogen) atoms. The fourth-order valence-electron chi connectivity index (χ4n) is 1.50. The van der Waals surface area contributed by atoms with Crippen molar-refractivity contribution in [2.45, 2.75) is 20.1 Å². The Morgan fingerprint density at radius 2 is 2.13 bits per heavy atom. The summed E-state index contributed by atoms with van der Waals surface area (Å²) in [5.74, 6) is -0.173. The summed E-state index contributed by atoms with van der Waals surface area (Å²) in [6, 6.07) is 10.0. The predicted octanol–water partition coefficient (Wildman–Crippen LogP) is 2.55. The molecule has 1 heterocycles. The van der Waals surface area contributed by atoms with Crippen LogP contribution in [0.5, 0.6) is 0 Å². The number of rotatable bonds is 3. The molecule has 0 aliphatic rings. The molecule has 0 bridgehead atoms. The first-order chi connectivity index (χ1) is 7.31. The van der Waals surface area contributed by atoms with Crippen LogP contribution in [-0.4, -0.2) is 10.5 Å². The van der Waals surface area contributed by atoms with E-state index in [1.54, 1.807) is 6.92 Å². The van der Waals surface area contributed by atoms with Gasteiger partial charge in [0.2, 0.25) is 0 Å². The van der Waals surface area contributed by atoms with Crippen molar-refractivity contribution < 1.29 is 9.53 Å². The predicted molar refractivity (Wildman–Crippen MR) is 58.3 cm³/mol. The van der Waals surface area contributed by atoms with Gasteiger partial charge in [-0.1, -0.05) is 25.1 Å². The first-order valence-electron chi connectivity index (χ1n) is 5.00. The average Bonchev–Trinajstić information content (AvgIpc) is 2.69. The van der Waals surface area contributed by atoms with Gasteiger partial charge in [-0.3, -0.25) is 4.79 Å².